The predicted octanol–water partition coefficient (Wildman–Crippen LogP) is 4.93. The lowest BCUT2D eigenvalue weighted by atomic mass is 9.92. The number of aryl methyl sites for hydroxylation is 1. The summed E-state index contributed by atoms with van der Waals surface area (Å²) in [6, 6.07) is 8.11. The first kappa shape index (κ1) is 19.0. The molecule has 0 radical (unpaired) electrons. The molecule has 1 fully saturated rings. The SMILES string of the molecule is Cc1cc(C(=O)N2CCC(c3nc4ccccn4c3NC(C)(C)C)CC2)cs1. The molecular weight excluding hydrogens is 368 g/mol. The van der Waals surface area contributed by atoms with E-state index >= 15 is 0 Å². The Morgan fingerprint density at radius 1 is 1.25 bits per heavy atom. The Labute approximate surface area is 170 Å². The summed E-state index contributed by atoms with van der Waals surface area (Å²) in [6.07, 6.45) is 3.95. The fraction of sp³-hybridized carbons (Fsp3) is 0.455. The van der Waals surface area contributed by atoms with E-state index in [2.05, 4.69) is 42.8 Å². The fourth-order valence-electron chi connectivity index (χ4n) is 3.87. The average molecular weight is 397 g/mol. The molecule has 6 heteroatoms. The number of piperidine rings is 1. The molecule has 1 amide bonds. The maximum atomic E-state index is 12.8. The van der Waals surface area contributed by atoms with E-state index in [4.69, 9.17) is 4.98 Å². The van der Waals surface area contributed by atoms with Crippen LogP contribution in [0.4, 0.5) is 5.82 Å². The monoisotopic (exact) mass is 396 g/mol. The van der Waals surface area contributed by atoms with Crippen LogP contribution >= 0.6 is 11.3 Å². The molecule has 3 aromatic heterocycles. The van der Waals surface area contributed by atoms with Gasteiger partial charge in [0.05, 0.1) is 11.3 Å². The molecule has 1 N–H and O–H groups in total. The summed E-state index contributed by atoms with van der Waals surface area (Å²) < 4.78 is 2.15. The number of carbonyl (C=O) groups excluding carboxylic acids is 1. The van der Waals surface area contributed by atoms with Crippen LogP contribution < -0.4 is 5.32 Å². The first-order chi connectivity index (χ1) is 13.3. The second-order valence-corrected chi connectivity index (χ2v) is 9.78. The average Bonchev–Trinajstić information content (AvgIpc) is 3.24. The summed E-state index contributed by atoms with van der Waals surface area (Å²) in [4.78, 5) is 20.9. The van der Waals surface area contributed by atoms with Crippen molar-refractivity contribution in [2.45, 2.75) is 52.0 Å². The summed E-state index contributed by atoms with van der Waals surface area (Å²) in [5.74, 6) is 1.60. The van der Waals surface area contributed by atoms with Crippen LogP contribution in [0, 0.1) is 6.92 Å². The van der Waals surface area contributed by atoms with E-state index in [1.807, 2.05) is 35.4 Å². The van der Waals surface area contributed by atoms with Gasteiger partial charge in [-0.2, -0.15) is 0 Å². The van der Waals surface area contributed by atoms with Crippen LogP contribution in [0.25, 0.3) is 5.65 Å². The standard InChI is InChI=1S/C22H28N4OS/c1-15-13-17(14-28-15)21(27)25-11-8-16(9-12-25)19-20(24-22(2,3)4)26-10-6-5-7-18(26)23-19/h5-7,10,13-14,16,24H,8-9,11-12H2,1-4H3. The van der Waals surface area contributed by atoms with Crippen molar-refractivity contribution >= 4 is 28.7 Å². The van der Waals surface area contributed by atoms with Crippen LogP contribution in [-0.2, 0) is 0 Å². The third-order valence-electron chi connectivity index (χ3n) is 5.20. The zero-order chi connectivity index (χ0) is 19.9. The van der Waals surface area contributed by atoms with Crippen LogP contribution in [0.5, 0.6) is 0 Å². The van der Waals surface area contributed by atoms with Crippen LogP contribution in [0.2, 0.25) is 0 Å². The highest BCUT2D eigenvalue weighted by Crippen LogP contribution is 2.35. The molecule has 5 nitrogen and oxygen atoms in total. The van der Waals surface area contributed by atoms with Gasteiger partial charge in [-0.1, -0.05) is 6.07 Å². The number of amides is 1. The maximum absolute atomic E-state index is 12.8. The molecule has 4 heterocycles. The summed E-state index contributed by atoms with van der Waals surface area (Å²) in [5.41, 5.74) is 2.87. The molecule has 1 saturated heterocycles. The predicted molar refractivity (Wildman–Crippen MR) is 116 cm³/mol. The molecule has 0 aliphatic carbocycles. The Balaban J connectivity index is 1.55. The normalized spacial score (nSPS) is 15.9. The number of nitrogens with one attached hydrogen (secondary N) is 1. The number of anilines is 1. The minimum Gasteiger partial charge on any atom is -0.365 e. The third-order valence-corrected chi connectivity index (χ3v) is 6.06. The molecule has 28 heavy (non-hydrogen) atoms. The molecule has 3 aromatic rings. The Morgan fingerprint density at radius 2 is 2.00 bits per heavy atom. The molecule has 0 unspecified atom stereocenters. The van der Waals surface area contributed by atoms with E-state index in [9.17, 15) is 4.79 Å². The number of nitrogens with zero attached hydrogens (tertiary/aromatic N) is 3. The van der Waals surface area contributed by atoms with Gasteiger partial charge in [0.2, 0.25) is 0 Å². The van der Waals surface area contributed by atoms with Gasteiger partial charge in [-0.25, -0.2) is 4.98 Å². The van der Waals surface area contributed by atoms with E-state index in [-0.39, 0.29) is 11.4 Å². The minimum absolute atomic E-state index is 0.0476. The number of aromatic nitrogens is 2. The lowest BCUT2D eigenvalue weighted by Crippen LogP contribution is -2.38. The van der Waals surface area contributed by atoms with Gasteiger partial charge in [0, 0.05) is 41.0 Å². The Kier molecular flexibility index (Phi) is 4.91. The van der Waals surface area contributed by atoms with Gasteiger partial charge in [0.25, 0.3) is 5.91 Å². The largest absolute Gasteiger partial charge is 0.365 e. The van der Waals surface area contributed by atoms with Gasteiger partial charge < -0.3 is 10.2 Å². The summed E-state index contributed by atoms with van der Waals surface area (Å²) in [7, 11) is 0. The van der Waals surface area contributed by atoms with E-state index in [0.29, 0.717) is 5.92 Å². The Morgan fingerprint density at radius 3 is 2.64 bits per heavy atom. The van der Waals surface area contributed by atoms with Crippen LogP contribution in [0.3, 0.4) is 0 Å². The molecule has 0 atom stereocenters. The zero-order valence-electron chi connectivity index (χ0n) is 17.0. The number of likely N-dealkylation sites (tertiary alicyclic amines) is 1. The van der Waals surface area contributed by atoms with E-state index in [1.54, 1.807) is 11.3 Å². The van der Waals surface area contributed by atoms with Gasteiger partial charge in [0.15, 0.2) is 0 Å². The lowest BCUT2D eigenvalue weighted by molar-refractivity contribution is 0.0713. The number of carbonyl (C=O) groups is 1. The van der Waals surface area contributed by atoms with Gasteiger partial charge in [-0.05, 0) is 58.7 Å². The van der Waals surface area contributed by atoms with Crippen molar-refractivity contribution in [2.24, 2.45) is 0 Å². The van der Waals surface area contributed by atoms with Crippen molar-refractivity contribution in [1.29, 1.82) is 0 Å². The highest BCUT2D eigenvalue weighted by Gasteiger charge is 2.29. The van der Waals surface area contributed by atoms with Crippen molar-refractivity contribution < 1.29 is 4.79 Å². The van der Waals surface area contributed by atoms with Crippen LogP contribution in [0.15, 0.2) is 35.8 Å². The highest BCUT2D eigenvalue weighted by molar-refractivity contribution is 7.10. The minimum atomic E-state index is -0.0476. The van der Waals surface area contributed by atoms with Gasteiger partial charge >= 0.3 is 0 Å². The maximum Gasteiger partial charge on any atom is 0.254 e. The van der Waals surface area contributed by atoms with Gasteiger partial charge in [-0.15, -0.1) is 11.3 Å². The highest BCUT2D eigenvalue weighted by atomic mass is 32.1. The zero-order valence-corrected chi connectivity index (χ0v) is 17.8. The molecular formula is C22H28N4OS. The smallest absolute Gasteiger partial charge is 0.254 e. The topological polar surface area (TPSA) is 49.6 Å². The fourth-order valence-corrected chi connectivity index (χ4v) is 4.55. The van der Waals surface area contributed by atoms with Crippen molar-refractivity contribution in [3.05, 3.63) is 52.0 Å². The third kappa shape index (κ3) is 3.78. The number of thiophene rings is 1. The number of hydrogen-bond donors (Lipinski definition) is 1. The molecule has 0 bridgehead atoms. The molecule has 0 saturated carbocycles. The second kappa shape index (κ2) is 7.24. The summed E-state index contributed by atoms with van der Waals surface area (Å²) >= 11 is 1.64. The number of fused-ring (bicyclic) bond motifs is 1. The number of imidazole rings is 1. The first-order valence-electron chi connectivity index (χ1n) is 9.91. The Hall–Kier alpha value is -2.34. The molecule has 1 aliphatic rings. The first-order valence-corrected chi connectivity index (χ1v) is 10.8. The molecule has 148 valence electrons. The van der Waals surface area contributed by atoms with Crippen molar-refractivity contribution in [3.8, 4) is 0 Å². The molecule has 4 rings (SSSR count). The Bertz CT molecular complexity index is 990. The number of hydrogen-bond acceptors (Lipinski definition) is 4. The van der Waals surface area contributed by atoms with Crippen molar-refractivity contribution in [1.82, 2.24) is 14.3 Å². The van der Waals surface area contributed by atoms with Gasteiger partial charge in [0.1, 0.15) is 11.5 Å². The van der Waals surface area contributed by atoms with Gasteiger partial charge in [-0.3, -0.25) is 9.20 Å². The van der Waals surface area contributed by atoms with Crippen molar-refractivity contribution in [2.75, 3.05) is 18.4 Å². The lowest BCUT2D eigenvalue weighted by Gasteiger charge is -2.32. The van der Waals surface area contributed by atoms with E-state index < -0.39 is 0 Å². The van der Waals surface area contributed by atoms with Crippen molar-refractivity contribution in [3.63, 3.8) is 0 Å². The molecule has 0 spiro atoms. The number of rotatable bonds is 3. The molecule has 1 aliphatic heterocycles. The molecule has 0 aromatic carbocycles. The second-order valence-electron chi connectivity index (χ2n) is 8.66. The number of pyridine rings is 1. The van der Waals surface area contributed by atoms with E-state index in [1.165, 1.54) is 4.88 Å². The van der Waals surface area contributed by atoms with Crippen LogP contribution in [0.1, 0.15) is 60.5 Å². The summed E-state index contributed by atoms with van der Waals surface area (Å²) in [5, 5.41) is 5.62. The van der Waals surface area contributed by atoms with E-state index in [0.717, 1.165) is 48.7 Å². The van der Waals surface area contributed by atoms with Crippen LogP contribution in [-0.4, -0.2) is 38.8 Å². The summed E-state index contributed by atoms with van der Waals surface area (Å²) in [6.45, 7) is 10.1. The quantitative estimate of drug-likeness (QED) is 0.683.